The first kappa shape index (κ1) is 18.1. The quantitative estimate of drug-likeness (QED) is 0.649. The summed E-state index contributed by atoms with van der Waals surface area (Å²) < 4.78 is 25.3. The van der Waals surface area contributed by atoms with Crippen LogP contribution in [0.3, 0.4) is 0 Å². The largest absolute Gasteiger partial charge is 0.612 e. The number of rotatable bonds is 5. The molecule has 132 valence electrons. The minimum Gasteiger partial charge on any atom is -0.612 e. The Kier molecular flexibility index (Phi) is 5.59. The van der Waals surface area contributed by atoms with Crippen molar-refractivity contribution in [2.75, 3.05) is 12.9 Å². The lowest BCUT2D eigenvalue weighted by atomic mass is 9.89. The van der Waals surface area contributed by atoms with Gasteiger partial charge in [-0.2, -0.15) is 0 Å². The van der Waals surface area contributed by atoms with Gasteiger partial charge in [-0.15, -0.1) is 0 Å². The molecule has 0 amide bonds. The maximum Gasteiger partial charge on any atom is 0.152 e. The van der Waals surface area contributed by atoms with Gasteiger partial charge in [0.05, 0.1) is 6.61 Å². The molecule has 1 aliphatic rings. The van der Waals surface area contributed by atoms with Crippen molar-refractivity contribution in [1.82, 2.24) is 0 Å². The van der Waals surface area contributed by atoms with E-state index < -0.39 is 11.2 Å². The summed E-state index contributed by atoms with van der Waals surface area (Å²) in [5, 5.41) is 0. The third-order valence-electron chi connectivity index (χ3n) is 4.91. The molecule has 2 atom stereocenters. The molecule has 5 heteroatoms. The van der Waals surface area contributed by atoms with Gasteiger partial charge in [0.15, 0.2) is 4.90 Å². The molecule has 0 bridgehead atoms. The molecule has 2 aromatic rings. The number of nitrogens with two attached hydrogens (primary N) is 1. The second kappa shape index (κ2) is 7.70. The first-order chi connectivity index (χ1) is 12.0. The van der Waals surface area contributed by atoms with Gasteiger partial charge in [-0.25, -0.2) is 10.3 Å². The third-order valence-corrected chi connectivity index (χ3v) is 5.85. The highest BCUT2D eigenvalue weighted by Crippen LogP contribution is 2.43. The Morgan fingerprint density at radius 2 is 2.00 bits per heavy atom. The number of benzene rings is 2. The predicted octanol–water partition coefficient (Wildman–Crippen LogP) is 3.96. The van der Waals surface area contributed by atoms with Gasteiger partial charge in [0.1, 0.15) is 12.1 Å². The fourth-order valence-electron chi connectivity index (χ4n) is 3.56. The van der Waals surface area contributed by atoms with Gasteiger partial charge in [0.25, 0.3) is 0 Å². The van der Waals surface area contributed by atoms with E-state index in [2.05, 4.69) is 6.92 Å². The fraction of sp³-hybridized carbons (Fsp3) is 0.300. The molecular formula is C20H22FNO2S. The van der Waals surface area contributed by atoms with E-state index in [4.69, 9.17) is 10.7 Å². The number of hydrogen-bond acceptors (Lipinski definition) is 3. The van der Waals surface area contributed by atoms with Crippen LogP contribution in [-0.2, 0) is 22.4 Å². The Morgan fingerprint density at radius 3 is 2.64 bits per heavy atom. The van der Waals surface area contributed by atoms with Crippen molar-refractivity contribution >= 4 is 16.7 Å². The molecule has 0 saturated heterocycles. The lowest BCUT2D eigenvalue weighted by Gasteiger charge is -2.17. The molecular weight excluding hydrogens is 337 g/mol. The van der Waals surface area contributed by atoms with Crippen LogP contribution < -0.4 is 5.90 Å². The SMILES string of the molecule is C/C(=C1/Cc2ccc(F)cc2C1CCON)c1ccc([S+](C)[O-])cc1. The topological polar surface area (TPSA) is 58.3 Å². The molecule has 0 aromatic heterocycles. The molecule has 3 nitrogen and oxygen atoms in total. The Morgan fingerprint density at radius 1 is 1.28 bits per heavy atom. The average molecular weight is 359 g/mol. The first-order valence-corrected chi connectivity index (χ1v) is 9.80. The van der Waals surface area contributed by atoms with Crippen LogP contribution in [0.2, 0.25) is 0 Å². The number of allylic oxidation sites excluding steroid dienone is 2. The molecule has 0 aliphatic heterocycles. The number of hydrogen-bond donors (Lipinski definition) is 1. The fourth-order valence-corrected chi connectivity index (χ4v) is 4.08. The monoisotopic (exact) mass is 359 g/mol. The maximum atomic E-state index is 13.7. The second-order valence-corrected chi connectivity index (χ2v) is 7.74. The molecule has 25 heavy (non-hydrogen) atoms. The van der Waals surface area contributed by atoms with Crippen molar-refractivity contribution in [2.45, 2.75) is 30.6 Å². The van der Waals surface area contributed by atoms with Gasteiger partial charge >= 0.3 is 0 Å². The summed E-state index contributed by atoms with van der Waals surface area (Å²) in [4.78, 5) is 5.59. The van der Waals surface area contributed by atoms with Gasteiger partial charge < -0.3 is 9.39 Å². The van der Waals surface area contributed by atoms with Crippen LogP contribution in [0, 0.1) is 5.82 Å². The Bertz CT molecular complexity index is 787. The van der Waals surface area contributed by atoms with Crippen molar-refractivity contribution < 1.29 is 13.8 Å². The van der Waals surface area contributed by atoms with Crippen LogP contribution in [0.15, 0.2) is 52.9 Å². The van der Waals surface area contributed by atoms with Crippen LogP contribution in [0.25, 0.3) is 5.57 Å². The summed E-state index contributed by atoms with van der Waals surface area (Å²) in [5.41, 5.74) is 5.72. The summed E-state index contributed by atoms with van der Waals surface area (Å²) in [6, 6.07) is 12.8. The number of halogens is 1. The highest BCUT2D eigenvalue weighted by molar-refractivity contribution is 7.90. The zero-order valence-electron chi connectivity index (χ0n) is 14.4. The van der Waals surface area contributed by atoms with Crippen LogP contribution >= 0.6 is 0 Å². The molecule has 0 saturated carbocycles. The lowest BCUT2D eigenvalue weighted by molar-refractivity contribution is 0.132. The average Bonchev–Trinajstić information content (AvgIpc) is 2.97. The molecule has 1 aliphatic carbocycles. The summed E-state index contributed by atoms with van der Waals surface area (Å²) in [7, 11) is 0. The smallest absolute Gasteiger partial charge is 0.152 e. The Labute approximate surface area is 150 Å². The minimum atomic E-state index is -0.987. The molecule has 2 unspecified atom stereocenters. The summed E-state index contributed by atoms with van der Waals surface area (Å²) in [6.07, 6.45) is 3.19. The van der Waals surface area contributed by atoms with E-state index >= 15 is 0 Å². The Hall–Kier alpha value is -1.66. The van der Waals surface area contributed by atoms with Gasteiger partial charge in [-0.1, -0.05) is 11.6 Å². The van der Waals surface area contributed by atoms with Gasteiger partial charge in [-0.05, 0) is 89.6 Å². The van der Waals surface area contributed by atoms with E-state index in [0.29, 0.717) is 6.61 Å². The summed E-state index contributed by atoms with van der Waals surface area (Å²) in [6.45, 7) is 2.51. The van der Waals surface area contributed by atoms with Crippen molar-refractivity contribution in [2.24, 2.45) is 5.90 Å². The normalized spacial score (nSPS) is 19.6. The van der Waals surface area contributed by atoms with E-state index in [1.807, 2.05) is 30.3 Å². The van der Waals surface area contributed by atoms with E-state index in [-0.39, 0.29) is 11.7 Å². The Balaban J connectivity index is 1.99. The molecule has 0 heterocycles. The predicted molar refractivity (Wildman–Crippen MR) is 99.0 cm³/mol. The first-order valence-electron chi connectivity index (χ1n) is 8.24. The molecule has 0 spiro atoms. The van der Waals surface area contributed by atoms with Crippen LogP contribution in [0.5, 0.6) is 0 Å². The standard InChI is InChI=1S/C20H22FNO2S/c1-13(14-4-7-17(8-5-14)25(2)23)19-11-15-3-6-16(21)12-20(15)18(19)9-10-24-22/h3-8,12,18H,9-11,22H2,1-2H3/b19-13+. The van der Waals surface area contributed by atoms with E-state index in [1.54, 1.807) is 12.3 Å². The molecule has 0 fully saturated rings. The van der Waals surface area contributed by atoms with Crippen molar-refractivity contribution in [3.8, 4) is 0 Å². The van der Waals surface area contributed by atoms with E-state index in [9.17, 15) is 8.94 Å². The molecule has 0 radical (unpaired) electrons. The van der Waals surface area contributed by atoms with Crippen LogP contribution in [-0.4, -0.2) is 17.4 Å². The third kappa shape index (κ3) is 3.80. The zero-order valence-corrected chi connectivity index (χ0v) is 15.2. The van der Waals surface area contributed by atoms with Crippen LogP contribution in [0.1, 0.15) is 36.0 Å². The molecule has 2 aromatic carbocycles. The van der Waals surface area contributed by atoms with Crippen molar-refractivity contribution in [3.05, 3.63) is 70.5 Å². The zero-order chi connectivity index (χ0) is 18.0. The van der Waals surface area contributed by atoms with Gasteiger partial charge in [-0.3, -0.25) is 0 Å². The summed E-state index contributed by atoms with van der Waals surface area (Å²) >= 11 is -0.987. The van der Waals surface area contributed by atoms with E-state index in [1.165, 1.54) is 17.2 Å². The number of fused-ring (bicyclic) bond motifs is 1. The lowest BCUT2D eigenvalue weighted by Crippen LogP contribution is -2.07. The maximum absolute atomic E-state index is 13.7. The van der Waals surface area contributed by atoms with E-state index in [0.717, 1.165) is 34.4 Å². The van der Waals surface area contributed by atoms with Crippen molar-refractivity contribution in [1.29, 1.82) is 0 Å². The summed E-state index contributed by atoms with van der Waals surface area (Å²) in [5.74, 6) is 5.10. The van der Waals surface area contributed by atoms with Crippen molar-refractivity contribution in [3.63, 3.8) is 0 Å². The minimum absolute atomic E-state index is 0.106. The van der Waals surface area contributed by atoms with Gasteiger partial charge in [0.2, 0.25) is 0 Å². The second-order valence-electron chi connectivity index (χ2n) is 6.36. The highest BCUT2D eigenvalue weighted by atomic mass is 32.2. The van der Waals surface area contributed by atoms with Gasteiger partial charge in [0, 0.05) is 5.92 Å². The molecule has 2 N–H and O–H groups in total. The molecule has 3 rings (SSSR count). The van der Waals surface area contributed by atoms with Crippen LogP contribution in [0.4, 0.5) is 4.39 Å². The highest BCUT2D eigenvalue weighted by Gasteiger charge is 2.29.